The van der Waals surface area contributed by atoms with Crippen molar-refractivity contribution < 1.29 is 17.9 Å². The van der Waals surface area contributed by atoms with Crippen LogP contribution in [0.2, 0.25) is 0 Å². The van der Waals surface area contributed by atoms with E-state index in [-0.39, 0.29) is 23.5 Å². The van der Waals surface area contributed by atoms with Crippen LogP contribution in [-0.2, 0) is 21.2 Å². The van der Waals surface area contributed by atoms with Gasteiger partial charge in [0.15, 0.2) is 6.61 Å². The topological polar surface area (TPSA) is 75.7 Å². The first-order valence-corrected chi connectivity index (χ1v) is 12.4. The molecule has 1 aliphatic carbocycles. The molecule has 0 saturated heterocycles. The first-order valence-electron chi connectivity index (χ1n) is 11.0. The summed E-state index contributed by atoms with van der Waals surface area (Å²) in [7, 11) is -2.15. The van der Waals surface area contributed by atoms with Gasteiger partial charge in [0.1, 0.15) is 5.75 Å². The normalized spacial score (nSPS) is 15.4. The van der Waals surface area contributed by atoms with Crippen LogP contribution in [0.4, 0.5) is 5.69 Å². The second-order valence-electron chi connectivity index (χ2n) is 8.28. The molecule has 0 unspecified atom stereocenters. The standard InChI is InChI=1S/C26H28N2O4S/c1-19-10-16-23(17-11-19)33(30,31)28(2)21-12-14-22(15-13-21)32-18-26(29)27-25-9-5-7-20-6-3-4-8-24(20)25/h3-4,6,8,10-17,25H,5,7,9,18H2,1-2H3,(H,27,29)/t25-/m1/s1. The molecule has 6 nitrogen and oxygen atoms in total. The average Bonchev–Trinajstić information content (AvgIpc) is 2.83. The predicted octanol–water partition coefficient (Wildman–Crippen LogP) is 4.39. The van der Waals surface area contributed by atoms with Crippen molar-refractivity contribution in [3.05, 3.63) is 89.5 Å². The van der Waals surface area contributed by atoms with E-state index >= 15 is 0 Å². The van der Waals surface area contributed by atoms with Gasteiger partial charge in [0, 0.05) is 7.05 Å². The molecule has 0 aromatic heterocycles. The average molecular weight is 465 g/mol. The monoisotopic (exact) mass is 464 g/mol. The van der Waals surface area contributed by atoms with Gasteiger partial charge in [0.2, 0.25) is 0 Å². The molecule has 1 amide bonds. The summed E-state index contributed by atoms with van der Waals surface area (Å²) in [5.74, 6) is 0.318. The van der Waals surface area contributed by atoms with Gasteiger partial charge >= 0.3 is 0 Å². The molecule has 0 radical (unpaired) electrons. The molecule has 1 N–H and O–H groups in total. The Hall–Kier alpha value is -3.32. The van der Waals surface area contributed by atoms with Crippen LogP contribution >= 0.6 is 0 Å². The molecule has 4 rings (SSSR count). The molecule has 0 fully saturated rings. The molecule has 3 aromatic rings. The lowest BCUT2D eigenvalue weighted by Gasteiger charge is -2.26. The molecular formula is C26H28N2O4S. The maximum Gasteiger partial charge on any atom is 0.264 e. The Morgan fingerprint density at radius 1 is 1.03 bits per heavy atom. The number of hydrogen-bond acceptors (Lipinski definition) is 4. The minimum atomic E-state index is -3.66. The van der Waals surface area contributed by atoms with Crippen LogP contribution in [0, 0.1) is 6.92 Å². The van der Waals surface area contributed by atoms with Crippen molar-refractivity contribution in [2.24, 2.45) is 0 Å². The highest BCUT2D eigenvalue weighted by Crippen LogP contribution is 2.29. The minimum Gasteiger partial charge on any atom is -0.484 e. The summed E-state index contributed by atoms with van der Waals surface area (Å²) >= 11 is 0. The van der Waals surface area contributed by atoms with Crippen molar-refractivity contribution in [2.45, 2.75) is 37.1 Å². The maximum atomic E-state index is 12.9. The van der Waals surface area contributed by atoms with E-state index in [1.165, 1.54) is 22.5 Å². The zero-order valence-corrected chi connectivity index (χ0v) is 19.6. The van der Waals surface area contributed by atoms with Crippen LogP contribution in [0.15, 0.2) is 77.7 Å². The Labute approximate surface area is 195 Å². The molecule has 0 heterocycles. The highest BCUT2D eigenvalue weighted by atomic mass is 32.2. The summed E-state index contributed by atoms with van der Waals surface area (Å²) in [6.07, 6.45) is 3.00. The molecule has 3 aromatic carbocycles. The van der Waals surface area contributed by atoms with E-state index < -0.39 is 10.0 Å². The molecule has 0 bridgehead atoms. The number of benzene rings is 3. The Bertz CT molecular complexity index is 1220. The number of nitrogens with zero attached hydrogens (tertiary/aromatic N) is 1. The van der Waals surface area contributed by atoms with E-state index in [0.29, 0.717) is 11.4 Å². The lowest BCUT2D eigenvalue weighted by Crippen LogP contribution is -2.34. The number of carbonyl (C=O) groups is 1. The fraction of sp³-hybridized carbons (Fsp3) is 0.269. The third-order valence-electron chi connectivity index (χ3n) is 5.95. The molecule has 0 saturated carbocycles. The molecule has 0 spiro atoms. The van der Waals surface area contributed by atoms with Crippen molar-refractivity contribution in [2.75, 3.05) is 18.0 Å². The van der Waals surface area contributed by atoms with E-state index in [0.717, 1.165) is 24.8 Å². The van der Waals surface area contributed by atoms with Crippen molar-refractivity contribution in [3.8, 4) is 5.75 Å². The van der Waals surface area contributed by atoms with Gasteiger partial charge in [0.05, 0.1) is 16.6 Å². The van der Waals surface area contributed by atoms with E-state index in [1.54, 1.807) is 48.5 Å². The quantitative estimate of drug-likeness (QED) is 0.563. The van der Waals surface area contributed by atoms with Crippen LogP contribution in [0.3, 0.4) is 0 Å². The molecule has 1 aliphatic rings. The van der Waals surface area contributed by atoms with Gasteiger partial charge in [-0.05, 0) is 73.7 Å². The van der Waals surface area contributed by atoms with Crippen LogP contribution in [0.25, 0.3) is 0 Å². The lowest BCUT2D eigenvalue weighted by molar-refractivity contribution is -0.123. The minimum absolute atomic E-state index is 0.00839. The van der Waals surface area contributed by atoms with Crippen molar-refractivity contribution in [1.29, 1.82) is 0 Å². The molecule has 1 atom stereocenters. The smallest absolute Gasteiger partial charge is 0.264 e. The van der Waals surface area contributed by atoms with Gasteiger partial charge in [-0.15, -0.1) is 0 Å². The van der Waals surface area contributed by atoms with Crippen molar-refractivity contribution >= 4 is 21.6 Å². The number of anilines is 1. The van der Waals surface area contributed by atoms with E-state index in [9.17, 15) is 13.2 Å². The van der Waals surface area contributed by atoms with Crippen LogP contribution in [0.1, 0.15) is 35.6 Å². The number of aryl methyl sites for hydroxylation is 2. The third kappa shape index (κ3) is 5.20. The number of sulfonamides is 1. The van der Waals surface area contributed by atoms with E-state index in [2.05, 4.69) is 17.4 Å². The summed E-state index contributed by atoms with van der Waals surface area (Å²) in [5.41, 5.74) is 3.97. The molecular weight excluding hydrogens is 436 g/mol. The Morgan fingerprint density at radius 2 is 1.73 bits per heavy atom. The van der Waals surface area contributed by atoms with Crippen LogP contribution in [0.5, 0.6) is 5.75 Å². The number of carbonyl (C=O) groups excluding carboxylic acids is 1. The third-order valence-corrected chi connectivity index (χ3v) is 7.75. The summed E-state index contributed by atoms with van der Waals surface area (Å²) in [4.78, 5) is 12.7. The number of rotatable bonds is 7. The first kappa shape index (κ1) is 22.9. The van der Waals surface area contributed by atoms with Gasteiger partial charge in [-0.25, -0.2) is 8.42 Å². The second kappa shape index (κ2) is 9.67. The second-order valence-corrected chi connectivity index (χ2v) is 10.2. The van der Waals surface area contributed by atoms with Gasteiger partial charge in [-0.3, -0.25) is 9.10 Å². The van der Waals surface area contributed by atoms with Crippen molar-refractivity contribution in [1.82, 2.24) is 5.32 Å². The fourth-order valence-corrected chi connectivity index (χ4v) is 5.24. The van der Waals surface area contributed by atoms with E-state index in [1.807, 2.05) is 19.1 Å². The largest absolute Gasteiger partial charge is 0.484 e. The summed E-state index contributed by atoms with van der Waals surface area (Å²) in [6.45, 7) is 1.81. The number of hydrogen-bond donors (Lipinski definition) is 1. The highest BCUT2D eigenvalue weighted by molar-refractivity contribution is 7.92. The summed E-state index contributed by atoms with van der Waals surface area (Å²) < 4.78 is 32.6. The van der Waals surface area contributed by atoms with Gasteiger partial charge in [0.25, 0.3) is 15.9 Å². The highest BCUT2D eigenvalue weighted by Gasteiger charge is 2.22. The molecule has 0 aliphatic heterocycles. The lowest BCUT2D eigenvalue weighted by atomic mass is 9.88. The predicted molar refractivity (Wildman–Crippen MR) is 129 cm³/mol. The van der Waals surface area contributed by atoms with E-state index in [4.69, 9.17) is 4.74 Å². The molecule has 172 valence electrons. The van der Waals surface area contributed by atoms with Gasteiger partial charge in [-0.2, -0.15) is 0 Å². The van der Waals surface area contributed by atoms with Gasteiger partial charge < -0.3 is 10.1 Å². The Morgan fingerprint density at radius 3 is 2.45 bits per heavy atom. The fourth-order valence-electron chi connectivity index (χ4n) is 4.05. The Balaban J connectivity index is 1.35. The zero-order valence-electron chi connectivity index (χ0n) is 18.8. The first-order chi connectivity index (χ1) is 15.8. The van der Waals surface area contributed by atoms with Crippen LogP contribution in [-0.4, -0.2) is 28.0 Å². The summed E-state index contributed by atoms with van der Waals surface area (Å²) in [5, 5.41) is 3.07. The number of fused-ring (bicyclic) bond motifs is 1. The number of nitrogens with one attached hydrogen (secondary N) is 1. The van der Waals surface area contributed by atoms with Crippen molar-refractivity contribution in [3.63, 3.8) is 0 Å². The SMILES string of the molecule is Cc1ccc(S(=O)(=O)N(C)c2ccc(OCC(=O)N[C@@H]3CCCc4ccccc43)cc2)cc1. The molecule has 33 heavy (non-hydrogen) atoms. The van der Waals surface area contributed by atoms with Crippen LogP contribution < -0.4 is 14.4 Å². The van der Waals surface area contributed by atoms with Gasteiger partial charge in [-0.1, -0.05) is 42.0 Å². The molecule has 7 heteroatoms. The zero-order chi connectivity index (χ0) is 23.4. The Kier molecular flexibility index (Phi) is 6.70. The maximum absolute atomic E-state index is 12.9. The summed E-state index contributed by atoms with van der Waals surface area (Å²) in [6, 6.07) is 21.6. The number of ether oxygens (including phenoxy) is 1. The number of amides is 1.